The minimum atomic E-state index is -0.532. The highest BCUT2D eigenvalue weighted by Crippen LogP contribution is 2.38. The maximum absolute atomic E-state index is 12.2. The van der Waals surface area contributed by atoms with E-state index in [1.165, 1.54) is 26.5 Å². The summed E-state index contributed by atoms with van der Waals surface area (Å²) in [6.07, 6.45) is 5.27. The number of nitro benzene ring substituents is 1. The van der Waals surface area contributed by atoms with E-state index in [-0.39, 0.29) is 17.2 Å². The molecule has 0 saturated heterocycles. The van der Waals surface area contributed by atoms with Crippen molar-refractivity contribution in [1.82, 2.24) is 5.43 Å². The first-order valence-corrected chi connectivity index (χ1v) is 9.96. The van der Waals surface area contributed by atoms with Gasteiger partial charge in [0.05, 0.1) is 32.0 Å². The molecule has 0 aromatic heterocycles. The molecule has 166 valence electrons. The van der Waals surface area contributed by atoms with Crippen molar-refractivity contribution < 1.29 is 23.9 Å². The zero-order chi connectivity index (χ0) is 22.6. The van der Waals surface area contributed by atoms with Crippen LogP contribution >= 0.6 is 0 Å². The Labute approximate surface area is 181 Å². The minimum absolute atomic E-state index is 0.0848. The first-order chi connectivity index (χ1) is 15.0. The first kappa shape index (κ1) is 23.7. The lowest BCUT2D eigenvalue weighted by atomic mass is 10.1. The molecule has 2 aromatic carbocycles. The van der Waals surface area contributed by atoms with E-state index >= 15 is 0 Å². The molecule has 0 aliphatic rings. The Morgan fingerprint density at radius 3 is 2.65 bits per heavy atom. The SMILES string of the molecule is CCCCCCOc1c(OC)cc(/C=N/NC(=O)c2cccc(OC)c2)cc1[N+](=O)[O-]. The molecule has 0 bridgehead atoms. The third-order valence-electron chi connectivity index (χ3n) is 4.43. The molecular weight excluding hydrogens is 402 g/mol. The number of amides is 1. The van der Waals surface area contributed by atoms with Crippen LogP contribution in [0.3, 0.4) is 0 Å². The Balaban J connectivity index is 2.14. The lowest BCUT2D eigenvalue weighted by molar-refractivity contribution is -0.386. The lowest BCUT2D eigenvalue weighted by Gasteiger charge is -2.12. The van der Waals surface area contributed by atoms with E-state index in [1.807, 2.05) is 0 Å². The van der Waals surface area contributed by atoms with Gasteiger partial charge >= 0.3 is 5.69 Å². The van der Waals surface area contributed by atoms with E-state index in [0.29, 0.717) is 23.5 Å². The first-order valence-electron chi connectivity index (χ1n) is 9.96. The topological polar surface area (TPSA) is 112 Å². The number of hydrogen-bond acceptors (Lipinski definition) is 7. The number of carbonyl (C=O) groups excluding carboxylic acids is 1. The van der Waals surface area contributed by atoms with Crippen LogP contribution in [0.4, 0.5) is 5.69 Å². The summed E-state index contributed by atoms with van der Waals surface area (Å²) in [5.41, 5.74) is 2.91. The molecule has 0 fully saturated rings. The summed E-state index contributed by atoms with van der Waals surface area (Å²) in [7, 11) is 2.92. The lowest BCUT2D eigenvalue weighted by Crippen LogP contribution is -2.17. The van der Waals surface area contributed by atoms with Crippen LogP contribution in [0, 0.1) is 10.1 Å². The summed E-state index contributed by atoms with van der Waals surface area (Å²) in [6.45, 7) is 2.47. The zero-order valence-electron chi connectivity index (χ0n) is 17.9. The molecule has 9 heteroatoms. The van der Waals surface area contributed by atoms with Crippen LogP contribution in [-0.4, -0.2) is 37.9 Å². The highest BCUT2D eigenvalue weighted by Gasteiger charge is 2.22. The van der Waals surface area contributed by atoms with Gasteiger partial charge in [-0.1, -0.05) is 32.3 Å². The van der Waals surface area contributed by atoms with Crippen LogP contribution in [0.5, 0.6) is 17.2 Å². The number of nitro groups is 1. The summed E-state index contributed by atoms with van der Waals surface area (Å²) in [4.78, 5) is 23.2. The Bertz CT molecular complexity index is 929. The van der Waals surface area contributed by atoms with E-state index in [9.17, 15) is 14.9 Å². The second-order valence-corrected chi connectivity index (χ2v) is 6.67. The monoisotopic (exact) mass is 429 g/mol. The second kappa shape index (κ2) is 12.2. The number of hydrogen-bond donors (Lipinski definition) is 1. The van der Waals surface area contributed by atoms with Gasteiger partial charge in [0.2, 0.25) is 5.75 Å². The number of nitrogens with zero attached hydrogens (tertiary/aromatic N) is 2. The predicted octanol–water partition coefficient (Wildman–Crippen LogP) is 4.34. The quantitative estimate of drug-likeness (QED) is 0.232. The maximum atomic E-state index is 12.2. The molecule has 0 radical (unpaired) electrons. The van der Waals surface area contributed by atoms with Gasteiger partial charge in [0, 0.05) is 17.2 Å². The average molecular weight is 429 g/mol. The molecule has 0 unspecified atom stereocenters. The summed E-state index contributed by atoms with van der Waals surface area (Å²) in [5.74, 6) is 0.415. The number of hydrazone groups is 1. The third kappa shape index (κ3) is 6.98. The molecule has 1 N–H and O–H groups in total. The van der Waals surface area contributed by atoms with Crippen LogP contribution < -0.4 is 19.6 Å². The molecule has 0 heterocycles. The molecule has 1 amide bonds. The van der Waals surface area contributed by atoms with Crippen LogP contribution in [0.1, 0.15) is 48.5 Å². The van der Waals surface area contributed by atoms with Crippen molar-refractivity contribution >= 4 is 17.8 Å². The van der Waals surface area contributed by atoms with Crippen molar-refractivity contribution in [3.63, 3.8) is 0 Å². The Hall–Kier alpha value is -3.62. The Kier molecular flexibility index (Phi) is 9.28. The van der Waals surface area contributed by atoms with Crippen molar-refractivity contribution in [1.29, 1.82) is 0 Å². The molecule has 0 aliphatic carbocycles. The Morgan fingerprint density at radius 1 is 1.16 bits per heavy atom. The van der Waals surface area contributed by atoms with Gasteiger partial charge in [-0.3, -0.25) is 14.9 Å². The van der Waals surface area contributed by atoms with Gasteiger partial charge in [-0.05, 0) is 30.7 Å². The van der Waals surface area contributed by atoms with Gasteiger partial charge in [-0.2, -0.15) is 5.10 Å². The van der Waals surface area contributed by atoms with Gasteiger partial charge in [0.1, 0.15) is 5.75 Å². The highest BCUT2D eigenvalue weighted by atomic mass is 16.6. The van der Waals surface area contributed by atoms with Crippen molar-refractivity contribution in [2.75, 3.05) is 20.8 Å². The van der Waals surface area contributed by atoms with Crippen molar-refractivity contribution in [3.8, 4) is 17.2 Å². The van der Waals surface area contributed by atoms with E-state index in [4.69, 9.17) is 14.2 Å². The fourth-order valence-corrected chi connectivity index (χ4v) is 2.81. The standard InChI is InChI=1S/C22H27N3O6/c1-4-5-6-7-11-31-21-19(25(27)28)12-16(13-20(21)30-3)15-23-24-22(26)17-9-8-10-18(14-17)29-2/h8-10,12-15H,4-7,11H2,1-3H3,(H,24,26)/b23-15+. The van der Waals surface area contributed by atoms with Crippen molar-refractivity contribution in [2.45, 2.75) is 32.6 Å². The highest BCUT2D eigenvalue weighted by molar-refractivity contribution is 5.95. The molecule has 9 nitrogen and oxygen atoms in total. The van der Waals surface area contributed by atoms with Gasteiger partial charge in [-0.15, -0.1) is 0 Å². The number of benzene rings is 2. The number of ether oxygens (including phenoxy) is 3. The van der Waals surface area contributed by atoms with E-state index in [1.54, 1.807) is 30.3 Å². The molecule has 0 atom stereocenters. The number of unbranched alkanes of at least 4 members (excludes halogenated alkanes) is 3. The number of carbonyl (C=O) groups is 1. The van der Waals surface area contributed by atoms with E-state index in [0.717, 1.165) is 25.7 Å². The van der Waals surface area contributed by atoms with Gasteiger partial charge in [0.15, 0.2) is 5.75 Å². The largest absolute Gasteiger partial charge is 0.497 e. The third-order valence-corrected chi connectivity index (χ3v) is 4.43. The number of rotatable bonds is 12. The summed E-state index contributed by atoms with van der Waals surface area (Å²) in [5, 5.41) is 15.4. The molecule has 31 heavy (non-hydrogen) atoms. The fraction of sp³-hybridized carbons (Fsp3) is 0.364. The number of nitrogens with one attached hydrogen (secondary N) is 1. The zero-order valence-corrected chi connectivity index (χ0v) is 17.9. The minimum Gasteiger partial charge on any atom is -0.497 e. The van der Waals surface area contributed by atoms with Gasteiger partial charge < -0.3 is 14.2 Å². The second-order valence-electron chi connectivity index (χ2n) is 6.67. The summed E-state index contributed by atoms with van der Waals surface area (Å²) in [6, 6.07) is 9.49. The maximum Gasteiger partial charge on any atom is 0.315 e. The van der Waals surface area contributed by atoms with Crippen LogP contribution in [-0.2, 0) is 0 Å². The van der Waals surface area contributed by atoms with Crippen LogP contribution in [0.15, 0.2) is 41.5 Å². The Morgan fingerprint density at radius 2 is 1.97 bits per heavy atom. The molecular formula is C22H27N3O6. The molecule has 2 rings (SSSR count). The average Bonchev–Trinajstić information content (AvgIpc) is 2.78. The van der Waals surface area contributed by atoms with Gasteiger partial charge in [0.25, 0.3) is 5.91 Å². The molecule has 2 aromatic rings. The fourth-order valence-electron chi connectivity index (χ4n) is 2.81. The van der Waals surface area contributed by atoms with Crippen LogP contribution in [0.2, 0.25) is 0 Å². The number of methoxy groups -OCH3 is 2. The van der Waals surface area contributed by atoms with E-state index < -0.39 is 10.8 Å². The predicted molar refractivity (Wildman–Crippen MR) is 117 cm³/mol. The summed E-state index contributed by atoms with van der Waals surface area (Å²) < 4.78 is 16.0. The normalized spacial score (nSPS) is 10.7. The van der Waals surface area contributed by atoms with Gasteiger partial charge in [-0.25, -0.2) is 5.43 Å². The van der Waals surface area contributed by atoms with E-state index in [2.05, 4.69) is 17.5 Å². The molecule has 0 aliphatic heterocycles. The van der Waals surface area contributed by atoms with Crippen LogP contribution in [0.25, 0.3) is 0 Å². The smallest absolute Gasteiger partial charge is 0.315 e. The molecule has 0 saturated carbocycles. The summed E-state index contributed by atoms with van der Waals surface area (Å²) >= 11 is 0. The van der Waals surface area contributed by atoms with Crippen molar-refractivity contribution in [2.24, 2.45) is 5.10 Å². The van der Waals surface area contributed by atoms with Crippen molar-refractivity contribution in [3.05, 3.63) is 57.6 Å². The molecule has 0 spiro atoms.